The molecular weight excluding hydrogens is 412 g/mol. The van der Waals surface area contributed by atoms with E-state index in [1.165, 1.54) is 29.3 Å². The Morgan fingerprint density at radius 2 is 1.70 bits per heavy atom. The fourth-order valence-electron chi connectivity index (χ4n) is 2.81. The number of carbonyl (C=O) groups is 2. The Hall–Kier alpha value is -3.53. The van der Waals surface area contributed by atoms with Gasteiger partial charge in [0.05, 0.1) is 6.54 Å². The van der Waals surface area contributed by atoms with Crippen molar-refractivity contribution in [3.05, 3.63) is 65.7 Å². The summed E-state index contributed by atoms with van der Waals surface area (Å²) >= 11 is 0.988. The van der Waals surface area contributed by atoms with E-state index in [4.69, 9.17) is 0 Å². The van der Waals surface area contributed by atoms with Crippen molar-refractivity contribution in [3.63, 3.8) is 0 Å². The topological polar surface area (TPSA) is 87.6 Å². The number of nitrogens with zero attached hydrogens (tertiary/aromatic N) is 4. The first-order valence-corrected chi connectivity index (χ1v) is 9.78. The Bertz CT molecular complexity index is 1110. The van der Waals surface area contributed by atoms with Crippen molar-refractivity contribution >= 4 is 34.2 Å². The van der Waals surface area contributed by atoms with Crippen LogP contribution in [0, 0.1) is 11.6 Å². The van der Waals surface area contributed by atoms with Gasteiger partial charge >= 0.3 is 0 Å². The van der Waals surface area contributed by atoms with Crippen molar-refractivity contribution < 1.29 is 18.4 Å². The first kappa shape index (κ1) is 19.8. The molecule has 0 saturated carbocycles. The standard InChI is InChI=1S/C20H15F2N5O2S/c21-14-5-1-12(2-6-14)11-27-17(28)10-9-16(25-27)19(29)24-20-23-18(26-30-20)13-3-7-15(22)8-4-13/h1-8H,9-11H2,(H,23,24,26,29). The summed E-state index contributed by atoms with van der Waals surface area (Å²) in [5, 5.41) is 8.27. The van der Waals surface area contributed by atoms with Crippen LogP contribution in [0.4, 0.5) is 13.9 Å². The lowest BCUT2D eigenvalue weighted by molar-refractivity contribution is -0.132. The van der Waals surface area contributed by atoms with Gasteiger partial charge in [-0.1, -0.05) is 12.1 Å². The number of hydrogen-bond donors (Lipinski definition) is 1. The van der Waals surface area contributed by atoms with Gasteiger partial charge in [0, 0.05) is 29.9 Å². The molecule has 1 aromatic heterocycles. The number of amides is 2. The number of benzene rings is 2. The first-order valence-electron chi connectivity index (χ1n) is 9.01. The molecule has 3 aromatic rings. The van der Waals surface area contributed by atoms with E-state index >= 15 is 0 Å². The molecule has 0 bridgehead atoms. The Morgan fingerprint density at radius 1 is 1.03 bits per heavy atom. The molecule has 7 nitrogen and oxygen atoms in total. The highest BCUT2D eigenvalue weighted by atomic mass is 32.1. The number of halogens is 2. The molecule has 30 heavy (non-hydrogen) atoms. The largest absolute Gasteiger partial charge is 0.295 e. The minimum absolute atomic E-state index is 0.142. The van der Waals surface area contributed by atoms with E-state index in [1.807, 2.05) is 0 Å². The number of rotatable bonds is 5. The van der Waals surface area contributed by atoms with Crippen LogP contribution in [0.5, 0.6) is 0 Å². The van der Waals surface area contributed by atoms with Gasteiger partial charge in [0.1, 0.15) is 17.3 Å². The second-order valence-corrected chi connectivity index (χ2v) is 7.26. The van der Waals surface area contributed by atoms with Gasteiger partial charge in [-0.05, 0) is 42.0 Å². The number of anilines is 1. The van der Waals surface area contributed by atoms with Gasteiger partial charge in [0.15, 0.2) is 5.82 Å². The highest BCUT2D eigenvalue weighted by molar-refractivity contribution is 7.10. The van der Waals surface area contributed by atoms with Crippen molar-refractivity contribution in [2.24, 2.45) is 5.10 Å². The molecule has 2 aromatic carbocycles. The molecule has 0 atom stereocenters. The summed E-state index contributed by atoms with van der Waals surface area (Å²) in [5.41, 5.74) is 1.51. The number of nitrogens with one attached hydrogen (secondary N) is 1. The van der Waals surface area contributed by atoms with Crippen LogP contribution in [0.2, 0.25) is 0 Å². The second kappa shape index (κ2) is 8.46. The van der Waals surface area contributed by atoms with Crippen LogP contribution in [-0.4, -0.2) is 31.9 Å². The fraction of sp³-hybridized carbons (Fsp3) is 0.150. The van der Waals surface area contributed by atoms with E-state index in [-0.39, 0.29) is 47.8 Å². The maximum Gasteiger partial charge on any atom is 0.273 e. The quantitative estimate of drug-likeness (QED) is 0.674. The van der Waals surface area contributed by atoms with E-state index < -0.39 is 5.91 Å². The molecule has 152 valence electrons. The average molecular weight is 427 g/mol. The lowest BCUT2D eigenvalue weighted by Gasteiger charge is -2.23. The molecule has 0 fully saturated rings. The monoisotopic (exact) mass is 427 g/mol. The highest BCUT2D eigenvalue weighted by Gasteiger charge is 2.25. The van der Waals surface area contributed by atoms with Crippen molar-refractivity contribution in [2.45, 2.75) is 19.4 Å². The molecule has 0 radical (unpaired) electrons. The highest BCUT2D eigenvalue weighted by Crippen LogP contribution is 2.22. The molecule has 2 amide bonds. The normalized spacial score (nSPS) is 13.9. The molecule has 1 aliphatic rings. The Labute approximate surface area is 174 Å². The molecule has 10 heteroatoms. The average Bonchev–Trinajstić information content (AvgIpc) is 3.20. The lowest BCUT2D eigenvalue weighted by atomic mass is 10.1. The summed E-state index contributed by atoms with van der Waals surface area (Å²) in [6.45, 7) is 0.142. The molecular formula is C20H15F2N5O2S. The van der Waals surface area contributed by atoms with E-state index in [0.717, 1.165) is 11.5 Å². The lowest BCUT2D eigenvalue weighted by Crippen LogP contribution is -2.36. The molecule has 4 rings (SSSR count). The van der Waals surface area contributed by atoms with E-state index in [9.17, 15) is 18.4 Å². The Kier molecular flexibility index (Phi) is 5.57. The predicted octanol–water partition coefficient (Wildman–Crippen LogP) is 3.60. The van der Waals surface area contributed by atoms with Gasteiger partial charge in [0.2, 0.25) is 11.0 Å². The summed E-state index contributed by atoms with van der Waals surface area (Å²) < 4.78 is 30.3. The van der Waals surface area contributed by atoms with Gasteiger partial charge in [0.25, 0.3) is 5.91 Å². The summed E-state index contributed by atoms with van der Waals surface area (Å²) in [7, 11) is 0. The summed E-state index contributed by atoms with van der Waals surface area (Å²) in [6, 6.07) is 11.4. The third-order valence-corrected chi connectivity index (χ3v) is 4.99. The zero-order chi connectivity index (χ0) is 21.1. The summed E-state index contributed by atoms with van der Waals surface area (Å²) in [5.74, 6) is -1.06. The van der Waals surface area contributed by atoms with Crippen LogP contribution in [0.25, 0.3) is 11.4 Å². The van der Waals surface area contributed by atoms with Crippen LogP contribution in [-0.2, 0) is 16.1 Å². The molecule has 2 heterocycles. The Balaban J connectivity index is 1.45. The molecule has 1 N–H and O–H groups in total. The van der Waals surface area contributed by atoms with Gasteiger partial charge in [-0.2, -0.15) is 14.5 Å². The summed E-state index contributed by atoms with van der Waals surface area (Å²) in [6.07, 6.45) is 0.346. The SMILES string of the molecule is O=C(Nc1nc(-c2ccc(F)cc2)ns1)C1=NN(Cc2ccc(F)cc2)C(=O)CC1. The van der Waals surface area contributed by atoms with Gasteiger partial charge in [-0.25, -0.2) is 13.8 Å². The summed E-state index contributed by atoms with van der Waals surface area (Å²) in [4.78, 5) is 28.9. The van der Waals surface area contributed by atoms with Crippen molar-refractivity contribution in [1.29, 1.82) is 0 Å². The minimum Gasteiger partial charge on any atom is -0.295 e. The number of aromatic nitrogens is 2. The molecule has 0 spiro atoms. The minimum atomic E-state index is -0.478. The zero-order valence-electron chi connectivity index (χ0n) is 15.5. The maximum atomic E-state index is 13.1. The second-order valence-electron chi connectivity index (χ2n) is 6.51. The molecule has 0 unspecified atom stereocenters. The molecule has 0 aliphatic carbocycles. The first-order chi connectivity index (χ1) is 14.5. The third kappa shape index (κ3) is 4.54. The van der Waals surface area contributed by atoms with E-state index in [2.05, 4.69) is 19.8 Å². The van der Waals surface area contributed by atoms with Gasteiger partial charge in [-0.3, -0.25) is 14.9 Å². The van der Waals surface area contributed by atoms with Gasteiger partial charge < -0.3 is 0 Å². The number of carbonyl (C=O) groups excluding carboxylic acids is 2. The fourth-order valence-corrected chi connectivity index (χ4v) is 3.40. The van der Waals surface area contributed by atoms with Crippen LogP contribution < -0.4 is 5.32 Å². The van der Waals surface area contributed by atoms with E-state index in [0.29, 0.717) is 17.0 Å². The third-order valence-electron chi connectivity index (χ3n) is 4.36. The number of hydrogen-bond acceptors (Lipinski definition) is 6. The van der Waals surface area contributed by atoms with Crippen LogP contribution in [0.3, 0.4) is 0 Å². The number of hydrazone groups is 1. The van der Waals surface area contributed by atoms with Gasteiger partial charge in [-0.15, -0.1) is 0 Å². The van der Waals surface area contributed by atoms with Crippen LogP contribution in [0.1, 0.15) is 18.4 Å². The van der Waals surface area contributed by atoms with E-state index in [1.54, 1.807) is 24.3 Å². The van der Waals surface area contributed by atoms with Crippen molar-refractivity contribution in [1.82, 2.24) is 14.4 Å². The van der Waals surface area contributed by atoms with Crippen molar-refractivity contribution in [2.75, 3.05) is 5.32 Å². The molecule has 0 saturated heterocycles. The molecule has 1 aliphatic heterocycles. The Morgan fingerprint density at radius 3 is 2.40 bits per heavy atom. The van der Waals surface area contributed by atoms with Crippen LogP contribution in [0.15, 0.2) is 53.6 Å². The van der Waals surface area contributed by atoms with Crippen LogP contribution >= 0.6 is 11.5 Å². The smallest absolute Gasteiger partial charge is 0.273 e. The zero-order valence-corrected chi connectivity index (χ0v) is 16.3. The predicted molar refractivity (Wildman–Crippen MR) is 108 cm³/mol. The van der Waals surface area contributed by atoms with Crippen molar-refractivity contribution in [3.8, 4) is 11.4 Å². The maximum absolute atomic E-state index is 13.1.